The topological polar surface area (TPSA) is 12.0 Å². The Morgan fingerprint density at radius 2 is 2.31 bits per heavy atom. The molecule has 0 aromatic heterocycles. The van der Waals surface area contributed by atoms with Crippen molar-refractivity contribution in [3.63, 3.8) is 0 Å². The van der Waals surface area contributed by atoms with Crippen LogP contribution in [0.2, 0.25) is 0 Å². The summed E-state index contributed by atoms with van der Waals surface area (Å²) in [5, 5.41) is 3.24. The lowest BCUT2D eigenvalue weighted by Gasteiger charge is -2.05. The molecule has 0 radical (unpaired) electrons. The van der Waals surface area contributed by atoms with Gasteiger partial charge in [0.15, 0.2) is 0 Å². The van der Waals surface area contributed by atoms with Crippen LogP contribution in [0, 0.1) is 15.4 Å². The van der Waals surface area contributed by atoms with Crippen molar-refractivity contribution in [2.24, 2.45) is 0 Å². The van der Waals surface area contributed by atoms with Gasteiger partial charge < -0.3 is 5.32 Å². The Hall–Kier alpha value is -0.210. The fourth-order valence-electron chi connectivity index (χ4n) is 0.861. The zero-order valence-corrected chi connectivity index (χ0v) is 10.9. The van der Waals surface area contributed by atoms with Gasteiger partial charge in [-0.2, -0.15) is 0 Å². The minimum Gasteiger partial charge on any atom is -0.373 e. The summed E-state index contributed by atoms with van der Waals surface area (Å²) < 4.78 is 2.29. The lowest BCUT2D eigenvalue weighted by molar-refractivity contribution is 1.36. The van der Waals surface area contributed by atoms with Crippen LogP contribution in [0.25, 0.3) is 0 Å². The zero-order valence-electron chi connectivity index (χ0n) is 7.20. The lowest BCUT2D eigenvalue weighted by Crippen LogP contribution is -2.00. The van der Waals surface area contributed by atoms with Crippen molar-refractivity contribution in [3.05, 3.63) is 26.2 Å². The number of rotatable bonds is 2. The molecule has 0 aliphatic heterocycles. The molecule has 3 heteroatoms. The molecule has 0 heterocycles. The van der Waals surface area contributed by atoms with E-state index >= 15 is 0 Å². The maximum atomic E-state index is 3.43. The van der Waals surface area contributed by atoms with E-state index in [1.165, 1.54) is 3.57 Å². The first-order chi connectivity index (χ1) is 6.24. The number of hydrogen-bond acceptors (Lipinski definition) is 1. The summed E-state index contributed by atoms with van der Waals surface area (Å²) in [4.78, 5) is 0. The molecule has 0 atom stereocenters. The first kappa shape index (κ1) is 10.9. The molecule has 0 fully saturated rings. The van der Waals surface area contributed by atoms with Crippen LogP contribution in [0.5, 0.6) is 0 Å². The summed E-state index contributed by atoms with van der Waals surface area (Å²) in [6.45, 7) is 2.54. The Labute approximate surface area is 101 Å². The fourth-order valence-corrected chi connectivity index (χ4v) is 1.75. The van der Waals surface area contributed by atoms with E-state index in [0.29, 0.717) is 6.54 Å². The summed E-state index contributed by atoms with van der Waals surface area (Å²) in [5.74, 6) is 5.81. The number of anilines is 1. The van der Waals surface area contributed by atoms with Crippen LogP contribution in [0.1, 0.15) is 6.92 Å². The van der Waals surface area contributed by atoms with Gasteiger partial charge in [0, 0.05) is 13.7 Å². The van der Waals surface area contributed by atoms with Gasteiger partial charge in [-0.1, -0.05) is 21.9 Å². The van der Waals surface area contributed by atoms with Gasteiger partial charge in [-0.05, 0) is 47.7 Å². The predicted octanol–water partition coefficient (Wildman–Crippen LogP) is 3.49. The van der Waals surface area contributed by atoms with E-state index in [1.54, 1.807) is 0 Å². The molecule has 1 rings (SSSR count). The molecule has 0 saturated heterocycles. The van der Waals surface area contributed by atoms with Crippen LogP contribution in [-0.4, -0.2) is 6.54 Å². The van der Waals surface area contributed by atoms with Crippen molar-refractivity contribution in [1.82, 2.24) is 0 Å². The third-order valence-corrected chi connectivity index (χ3v) is 2.91. The normalized spacial score (nSPS) is 8.85. The molecular weight excluding hydrogens is 341 g/mol. The zero-order chi connectivity index (χ0) is 9.68. The van der Waals surface area contributed by atoms with E-state index in [9.17, 15) is 0 Å². The number of hydrogen-bond donors (Lipinski definition) is 1. The maximum Gasteiger partial charge on any atom is 0.0766 e. The van der Waals surface area contributed by atoms with Crippen molar-refractivity contribution in [3.8, 4) is 11.8 Å². The highest BCUT2D eigenvalue weighted by Gasteiger charge is 1.97. The van der Waals surface area contributed by atoms with Gasteiger partial charge in [-0.15, -0.1) is 5.92 Å². The van der Waals surface area contributed by atoms with E-state index in [4.69, 9.17) is 0 Å². The van der Waals surface area contributed by atoms with Crippen LogP contribution in [0.3, 0.4) is 0 Å². The van der Waals surface area contributed by atoms with Crippen LogP contribution < -0.4 is 5.32 Å². The molecule has 68 valence electrons. The molecular formula is C10H9BrIN. The predicted molar refractivity (Wildman–Crippen MR) is 68.8 cm³/mol. The van der Waals surface area contributed by atoms with E-state index in [2.05, 4.69) is 67.8 Å². The standard InChI is InChI=1S/C10H9BrIN/c1-2-3-6-13-10-7-8(11)4-5-9(10)12/h4-5,7,13H,6H2,1H3. The van der Waals surface area contributed by atoms with Crippen molar-refractivity contribution in [2.75, 3.05) is 11.9 Å². The number of nitrogens with one attached hydrogen (secondary N) is 1. The number of halogens is 2. The van der Waals surface area contributed by atoms with Gasteiger partial charge in [-0.3, -0.25) is 0 Å². The second-order valence-electron chi connectivity index (χ2n) is 2.40. The second-order valence-corrected chi connectivity index (χ2v) is 4.48. The summed E-state index contributed by atoms with van der Waals surface area (Å²) in [6.07, 6.45) is 0. The Bertz CT molecular complexity index is 352. The van der Waals surface area contributed by atoms with E-state index < -0.39 is 0 Å². The van der Waals surface area contributed by atoms with Gasteiger partial charge in [-0.25, -0.2) is 0 Å². The van der Waals surface area contributed by atoms with Gasteiger partial charge in [0.1, 0.15) is 0 Å². The quantitative estimate of drug-likeness (QED) is 0.636. The van der Waals surface area contributed by atoms with Crippen LogP contribution in [0.15, 0.2) is 22.7 Å². The SMILES string of the molecule is CC#CCNc1cc(Br)ccc1I. The van der Waals surface area contributed by atoms with E-state index in [-0.39, 0.29) is 0 Å². The van der Waals surface area contributed by atoms with Crippen molar-refractivity contribution in [1.29, 1.82) is 0 Å². The highest BCUT2D eigenvalue weighted by Crippen LogP contribution is 2.22. The Morgan fingerprint density at radius 1 is 1.54 bits per heavy atom. The Morgan fingerprint density at radius 3 is 3.00 bits per heavy atom. The lowest BCUT2D eigenvalue weighted by atomic mass is 10.3. The summed E-state index contributed by atoms with van der Waals surface area (Å²) in [6, 6.07) is 6.14. The van der Waals surface area contributed by atoms with Crippen LogP contribution in [0.4, 0.5) is 5.69 Å². The maximum absolute atomic E-state index is 3.43. The first-order valence-electron chi connectivity index (χ1n) is 3.82. The largest absolute Gasteiger partial charge is 0.373 e. The summed E-state index contributed by atoms with van der Waals surface area (Å²) in [5.41, 5.74) is 1.12. The molecule has 0 spiro atoms. The Kier molecular flexibility index (Phi) is 4.60. The second kappa shape index (κ2) is 5.51. The Balaban J connectivity index is 2.73. The van der Waals surface area contributed by atoms with Gasteiger partial charge in [0.25, 0.3) is 0 Å². The molecule has 0 aliphatic carbocycles. The van der Waals surface area contributed by atoms with Gasteiger partial charge >= 0.3 is 0 Å². The molecule has 0 bridgehead atoms. The van der Waals surface area contributed by atoms with E-state index in [0.717, 1.165) is 10.2 Å². The summed E-state index contributed by atoms with van der Waals surface area (Å²) in [7, 11) is 0. The van der Waals surface area contributed by atoms with Gasteiger partial charge in [0.05, 0.1) is 6.54 Å². The first-order valence-corrected chi connectivity index (χ1v) is 5.69. The number of benzene rings is 1. The fraction of sp³-hybridized carbons (Fsp3) is 0.200. The molecule has 0 aliphatic rings. The monoisotopic (exact) mass is 349 g/mol. The molecule has 1 aromatic rings. The minimum atomic E-state index is 0.697. The molecule has 0 saturated carbocycles. The van der Waals surface area contributed by atoms with E-state index in [1.807, 2.05) is 13.0 Å². The summed E-state index contributed by atoms with van der Waals surface area (Å²) >= 11 is 5.72. The van der Waals surface area contributed by atoms with Crippen molar-refractivity contribution in [2.45, 2.75) is 6.92 Å². The van der Waals surface area contributed by atoms with Gasteiger partial charge in [0.2, 0.25) is 0 Å². The third-order valence-electron chi connectivity index (χ3n) is 1.47. The molecule has 1 N–H and O–H groups in total. The molecule has 0 unspecified atom stereocenters. The van der Waals surface area contributed by atoms with Crippen LogP contribution in [-0.2, 0) is 0 Å². The van der Waals surface area contributed by atoms with Crippen LogP contribution >= 0.6 is 38.5 Å². The molecule has 0 amide bonds. The minimum absolute atomic E-state index is 0.697. The molecule has 1 nitrogen and oxygen atoms in total. The smallest absolute Gasteiger partial charge is 0.0766 e. The average molecular weight is 350 g/mol. The third kappa shape index (κ3) is 3.57. The highest BCUT2D eigenvalue weighted by atomic mass is 127. The van der Waals surface area contributed by atoms with Crippen molar-refractivity contribution >= 4 is 44.2 Å². The average Bonchev–Trinajstić information content (AvgIpc) is 2.11. The highest BCUT2D eigenvalue weighted by molar-refractivity contribution is 14.1. The van der Waals surface area contributed by atoms with Crippen molar-refractivity contribution < 1.29 is 0 Å². The molecule has 1 aromatic carbocycles. The molecule has 13 heavy (non-hydrogen) atoms.